The monoisotopic (exact) mass is 535 g/mol. The maximum absolute atomic E-state index is 13.5. The van der Waals surface area contributed by atoms with E-state index in [1.807, 2.05) is 19.9 Å². The zero-order valence-corrected chi connectivity index (χ0v) is 24.3. The third kappa shape index (κ3) is 4.85. The highest BCUT2D eigenvalue weighted by atomic mass is 32.2. The Morgan fingerprint density at radius 2 is 1.95 bits per heavy atom. The first-order valence-electron chi connectivity index (χ1n) is 14.5. The summed E-state index contributed by atoms with van der Waals surface area (Å²) >= 11 is 1.49. The molecule has 0 aromatic rings. The van der Waals surface area contributed by atoms with Crippen LogP contribution >= 0.6 is 11.8 Å². The Kier molecular flexibility index (Phi) is 8.60. The summed E-state index contributed by atoms with van der Waals surface area (Å²) in [6.45, 7) is 15.5. The molecule has 0 aliphatic heterocycles. The molecule has 0 radical (unpaired) electrons. The van der Waals surface area contributed by atoms with Crippen LogP contribution in [0.25, 0.3) is 0 Å². The van der Waals surface area contributed by atoms with E-state index >= 15 is 0 Å². The SMILES string of the molecule is C=C[C@]1(C)C[C@@H](OC(=O)CS[C@H]2CCC[C@H](NCC)[C@@H]2O)[C@]2(C)[C@H](C)CC[C@]3(CCC(=O)[C@H]32)[C@@H](C)[C@@H]1O. The van der Waals surface area contributed by atoms with Gasteiger partial charge in [0.2, 0.25) is 0 Å². The Morgan fingerprint density at radius 3 is 2.62 bits per heavy atom. The second kappa shape index (κ2) is 10.9. The maximum atomic E-state index is 13.5. The lowest BCUT2D eigenvalue weighted by Gasteiger charge is -2.61. The van der Waals surface area contributed by atoms with E-state index in [0.717, 1.165) is 45.1 Å². The molecule has 4 saturated carbocycles. The number of rotatable bonds is 7. The molecular weight excluding hydrogens is 486 g/mol. The highest BCUT2D eigenvalue weighted by Gasteiger charge is 2.68. The number of esters is 1. The Bertz CT molecular complexity index is 880. The Hall–Kier alpha value is -0.890. The van der Waals surface area contributed by atoms with Gasteiger partial charge < -0.3 is 20.3 Å². The fraction of sp³-hybridized carbons (Fsp3) is 0.867. The number of carbonyl (C=O) groups is 2. The molecule has 4 aliphatic rings. The molecular formula is C30H49NO5S. The van der Waals surface area contributed by atoms with Crippen LogP contribution in [-0.4, -0.2) is 63.9 Å². The largest absolute Gasteiger partial charge is 0.461 e. The Morgan fingerprint density at radius 1 is 1.22 bits per heavy atom. The Labute approximate surface area is 227 Å². The molecule has 11 atom stereocenters. The first-order valence-corrected chi connectivity index (χ1v) is 15.6. The summed E-state index contributed by atoms with van der Waals surface area (Å²) in [5, 5.41) is 25.8. The van der Waals surface area contributed by atoms with Gasteiger partial charge in [-0.1, -0.05) is 47.1 Å². The lowest BCUT2D eigenvalue weighted by atomic mass is 9.44. The number of Topliss-reactive ketones (excluding diaryl/α,β-unsaturated/α-hetero) is 1. The topological polar surface area (TPSA) is 95.9 Å². The highest BCUT2D eigenvalue weighted by molar-refractivity contribution is 8.00. The van der Waals surface area contributed by atoms with Gasteiger partial charge in [-0.3, -0.25) is 9.59 Å². The van der Waals surface area contributed by atoms with Gasteiger partial charge in [-0.05, 0) is 62.3 Å². The number of aliphatic hydroxyl groups excluding tert-OH is 2. The van der Waals surface area contributed by atoms with Crippen molar-refractivity contribution < 1.29 is 24.5 Å². The minimum absolute atomic E-state index is 0.00273. The summed E-state index contributed by atoms with van der Waals surface area (Å²) in [5.41, 5.74) is -1.39. The molecule has 7 heteroatoms. The summed E-state index contributed by atoms with van der Waals surface area (Å²) in [6, 6.07) is 0.0677. The molecule has 4 fully saturated rings. The number of nitrogens with one attached hydrogen (secondary N) is 1. The van der Waals surface area contributed by atoms with Crippen molar-refractivity contribution in [2.75, 3.05) is 12.3 Å². The molecule has 0 heterocycles. The summed E-state index contributed by atoms with van der Waals surface area (Å²) in [6.07, 6.45) is 6.74. The van der Waals surface area contributed by atoms with E-state index < -0.39 is 29.1 Å². The Balaban J connectivity index is 1.59. The fourth-order valence-electron chi connectivity index (χ4n) is 8.68. The van der Waals surface area contributed by atoms with Crippen molar-refractivity contribution in [1.82, 2.24) is 5.32 Å². The van der Waals surface area contributed by atoms with Gasteiger partial charge in [0.1, 0.15) is 11.9 Å². The van der Waals surface area contributed by atoms with Crippen LogP contribution in [-0.2, 0) is 14.3 Å². The van der Waals surface area contributed by atoms with Crippen molar-refractivity contribution in [2.24, 2.45) is 34.0 Å². The van der Waals surface area contributed by atoms with Crippen LogP contribution in [0.2, 0.25) is 0 Å². The van der Waals surface area contributed by atoms with E-state index in [0.29, 0.717) is 12.8 Å². The van der Waals surface area contributed by atoms with Gasteiger partial charge in [0.15, 0.2) is 0 Å². The molecule has 0 spiro atoms. The quantitative estimate of drug-likeness (QED) is 0.326. The van der Waals surface area contributed by atoms with E-state index in [9.17, 15) is 19.8 Å². The van der Waals surface area contributed by atoms with Crippen LogP contribution < -0.4 is 5.32 Å². The van der Waals surface area contributed by atoms with Crippen molar-refractivity contribution in [3.8, 4) is 0 Å². The minimum Gasteiger partial charge on any atom is -0.461 e. The number of thioether (sulfide) groups is 1. The van der Waals surface area contributed by atoms with E-state index in [1.165, 1.54) is 11.8 Å². The average Bonchev–Trinajstić information content (AvgIpc) is 3.23. The molecule has 0 aromatic heterocycles. The molecule has 6 nitrogen and oxygen atoms in total. The zero-order valence-electron chi connectivity index (χ0n) is 23.5. The van der Waals surface area contributed by atoms with Gasteiger partial charge in [0, 0.05) is 34.5 Å². The third-order valence-electron chi connectivity index (χ3n) is 11.3. The number of ketones is 1. The number of hydrogen-bond acceptors (Lipinski definition) is 7. The van der Waals surface area contributed by atoms with Gasteiger partial charge in [-0.25, -0.2) is 0 Å². The molecule has 37 heavy (non-hydrogen) atoms. The first-order chi connectivity index (χ1) is 17.4. The summed E-state index contributed by atoms with van der Waals surface area (Å²) in [4.78, 5) is 26.9. The summed E-state index contributed by atoms with van der Waals surface area (Å²) in [7, 11) is 0. The zero-order chi connectivity index (χ0) is 27.2. The lowest BCUT2D eigenvalue weighted by Crippen LogP contribution is -2.63. The van der Waals surface area contributed by atoms with Gasteiger partial charge in [0.05, 0.1) is 18.0 Å². The van der Waals surface area contributed by atoms with Crippen LogP contribution in [0, 0.1) is 34.0 Å². The predicted octanol–water partition coefficient (Wildman–Crippen LogP) is 4.52. The maximum Gasteiger partial charge on any atom is 0.316 e. The van der Waals surface area contributed by atoms with Crippen molar-refractivity contribution in [3.05, 3.63) is 12.7 Å². The van der Waals surface area contributed by atoms with Gasteiger partial charge >= 0.3 is 5.97 Å². The van der Waals surface area contributed by atoms with Crippen molar-refractivity contribution >= 4 is 23.5 Å². The molecule has 2 bridgehead atoms. The number of hydrogen-bond donors (Lipinski definition) is 3. The molecule has 0 amide bonds. The number of ether oxygens (including phenoxy) is 1. The van der Waals surface area contributed by atoms with Crippen LogP contribution in [0.5, 0.6) is 0 Å². The number of likely N-dealkylation sites (N-methyl/N-ethyl adjacent to an activating group) is 1. The van der Waals surface area contributed by atoms with E-state index in [4.69, 9.17) is 4.74 Å². The van der Waals surface area contributed by atoms with Crippen LogP contribution in [0.4, 0.5) is 0 Å². The second-order valence-corrected chi connectivity index (χ2v) is 14.2. The summed E-state index contributed by atoms with van der Waals surface area (Å²) in [5.74, 6) is 0.117. The van der Waals surface area contributed by atoms with Crippen molar-refractivity contribution in [2.45, 2.75) is 116 Å². The average molecular weight is 536 g/mol. The molecule has 3 N–H and O–H groups in total. The van der Waals surface area contributed by atoms with Gasteiger partial charge in [-0.2, -0.15) is 0 Å². The molecule has 0 saturated heterocycles. The van der Waals surface area contributed by atoms with Crippen molar-refractivity contribution in [1.29, 1.82) is 0 Å². The molecule has 0 aromatic carbocycles. The normalized spacial score (nSPS) is 48.0. The smallest absolute Gasteiger partial charge is 0.316 e. The fourth-order valence-corrected chi connectivity index (χ4v) is 9.81. The molecule has 210 valence electrons. The van der Waals surface area contributed by atoms with Gasteiger partial charge in [-0.15, -0.1) is 18.3 Å². The number of aliphatic hydroxyl groups is 2. The lowest BCUT2D eigenvalue weighted by molar-refractivity contribution is -0.205. The van der Waals surface area contributed by atoms with Crippen molar-refractivity contribution in [3.63, 3.8) is 0 Å². The van der Waals surface area contributed by atoms with E-state index in [2.05, 4.69) is 32.7 Å². The number of carbonyl (C=O) groups excluding carboxylic acids is 2. The van der Waals surface area contributed by atoms with E-state index in [1.54, 1.807) is 0 Å². The van der Waals surface area contributed by atoms with Crippen LogP contribution in [0.15, 0.2) is 12.7 Å². The molecule has 0 unspecified atom stereocenters. The highest BCUT2D eigenvalue weighted by Crippen LogP contribution is 2.68. The predicted molar refractivity (Wildman–Crippen MR) is 148 cm³/mol. The summed E-state index contributed by atoms with van der Waals surface area (Å²) < 4.78 is 6.35. The third-order valence-corrected chi connectivity index (χ3v) is 12.6. The first kappa shape index (κ1) is 29.1. The second-order valence-electron chi connectivity index (χ2n) is 13.0. The standard InChI is InChI=1S/C30H49NO5S/c1-7-28(5)16-23(36-24(33)17-37-22-11-9-10-20(25(22)34)31-8-2)29(6)18(3)12-14-30(19(4)27(28)35)15-13-21(32)26(29)30/h7,18-20,22-23,25-27,31,34-35H,1,8-17H2,2-6H3/t18-,19+,20+,22+,23-,25+,26+,27+,28-,29+,30+/m1/s1. The minimum atomic E-state index is -0.660. The molecule has 4 aliphatic carbocycles. The molecule has 4 rings (SSSR count). The van der Waals surface area contributed by atoms with Gasteiger partial charge in [0.25, 0.3) is 0 Å². The van der Waals surface area contributed by atoms with Crippen LogP contribution in [0.1, 0.15) is 86.0 Å². The van der Waals surface area contributed by atoms with Crippen LogP contribution in [0.3, 0.4) is 0 Å². The van der Waals surface area contributed by atoms with E-state index in [-0.39, 0.29) is 52.0 Å².